The van der Waals surface area contributed by atoms with Gasteiger partial charge in [-0.15, -0.1) is 0 Å². The summed E-state index contributed by atoms with van der Waals surface area (Å²) in [5.74, 6) is 1.69. The zero-order valence-corrected chi connectivity index (χ0v) is 18.9. The summed E-state index contributed by atoms with van der Waals surface area (Å²) < 4.78 is 14.7. The lowest BCUT2D eigenvalue weighted by Gasteiger charge is -2.11. The Morgan fingerprint density at radius 1 is 1.10 bits per heavy atom. The van der Waals surface area contributed by atoms with Crippen LogP contribution in [0, 0.1) is 0 Å². The van der Waals surface area contributed by atoms with Crippen LogP contribution in [0.5, 0.6) is 11.5 Å². The molecule has 2 heterocycles. The van der Waals surface area contributed by atoms with Gasteiger partial charge in [-0.2, -0.15) is 0 Å². The van der Waals surface area contributed by atoms with E-state index in [0.29, 0.717) is 34.6 Å². The molecule has 166 valence electrons. The standard InChI is InChI=1S/C20H25N5O5S/c1-23-17-16(18(27)25(3)20(28)24(17)2)22-19(23)31-9-8-15(26)21-11-12-10-13(29-4)6-7-14(12)30-5/h6-7,10H,8-9,11H2,1-5H3,(H,21,26). The van der Waals surface area contributed by atoms with E-state index in [0.717, 1.165) is 10.1 Å². The molecule has 11 heteroatoms. The van der Waals surface area contributed by atoms with E-state index in [4.69, 9.17) is 9.47 Å². The Morgan fingerprint density at radius 2 is 1.84 bits per heavy atom. The normalized spacial score (nSPS) is 11.0. The van der Waals surface area contributed by atoms with E-state index < -0.39 is 11.2 Å². The van der Waals surface area contributed by atoms with Crippen LogP contribution in [0.4, 0.5) is 0 Å². The van der Waals surface area contributed by atoms with Gasteiger partial charge in [-0.25, -0.2) is 9.78 Å². The van der Waals surface area contributed by atoms with Crippen LogP contribution in [0.1, 0.15) is 12.0 Å². The van der Waals surface area contributed by atoms with Crippen LogP contribution in [0.15, 0.2) is 32.9 Å². The number of nitrogens with one attached hydrogen (secondary N) is 1. The molecule has 1 N–H and O–H groups in total. The zero-order valence-electron chi connectivity index (χ0n) is 18.1. The molecule has 0 aliphatic rings. The van der Waals surface area contributed by atoms with Gasteiger partial charge in [0.2, 0.25) is 5.91 Å². The molecule has 0 saturated carbocycles. The van der Waals surface area contributed by atoms with Gasteiger partial charge >= 0.3 is 5.69 Å². The van der Waals surface area contributed by atoms with E-state index in [9.17, 15) is 14.4 Å². The molecule has 1 aromatic carbocycles. The highest BCUT2D eigenvalue weighted by molar-refractivity contribution is 7.99. The number of carbonyl (C=O) groups excluding carboxylic acids is 1. The predicted molar refractivity (Wildman–Crippen MR) is 118 cm³/mol. The van der Waals surface area contributed by atoms with E-state index in [1.165, 1.54) is 23.4 Å². The highest BCUT2D eigenvalue weighted by atomic mass is 32.2. The number of carbonyl (C=O) groups is 1. The first-order valence-electron chi connectivity index (χ1n) is 9.51. The van der Waals surface area contributed by atoms with E-state index in [-0.39, 0.29) is 17.8 Å². The Balaban J connectivity index is 1.64. The first kappa shape index (κ1) is 22.5. The summed E-state index contributed by atoms with van der Waals surface area (Å²) in [5.41, 5.74) is 0.638. The molecule has 0 aliphatic carbocycles. The molecule has 2 aromatic heterocycles. The van der Waals surface area contributed by atoms with Crippen molar-refractivity contribution in [1.29, 1.82) is 0 Å². The second-order valence-electron chi connectivity index (χ2n) is 6.88. The summed E-state index contributed by atoms with van der Waals surface area (Å²) in [7, 11) is 7.92. The number of fused-ring (bicyclic) bond motifs is 1. The minimum Gasteiger partial charge on any atom is -0.497 e. The maximum Gasteiger partial charge on any atom is 0.332 e. The van der Waals surface area contributed by atoms with E-state index in [1.807, 2.05) is 6.07 Å². The van der Waals surface area contributed by atoms with Crippen molar-refractivity contribution >= 4 is 28.8 Å². The number of hydrogen-bond donors (Lipinski definition) is 1. The molecule has 0 saturated heterocycles. The Labute approximate surface area is 182 Å². The van der Waals surface area contributed by atoms with Crippen molar-refractivity contribution in [2.75, 3.05) is 20.0 Å². The molecule has 0 fully saturated rings. The lowest BCUT2D eigenvalue weighted by molar-refractivity contribution is -0.120. The van der Waals surface area contributed by atoms with Crippen LogP contribution in [0.25, 0.3) is 11.2 Å². The van der Waals surface area contributed by atoms with Gasteiger partial charge in [0.05, 0.1) is 14.2 Å². The van der Waals surface area contributed by atoms with Gasteiger partial charge in [0, 0.05) is 45.4 Å². The lowest BCUT2D eigenvalue weighted by atomic mass is 10.2. The van der Waals surface area contributed by atoms with Crippen LogP contribution >= 0.6 is 11.8 Å². The topological polar surface area (TPSA) is 109 Å². The fraction of sp³-hybridized carbons (Fsp3) is 0.400. The monoisotopic (exact) mass is 447 g/mol. The van der Waals surface area contributed by atoms with Crippen molar-refractivity contribution in [1.82, 2.24) is 24.0 Å². The fourth-order valence-electron chi connectivity index (χ4n) is 3.23. The highest BCUT2D eigenvalue weighted by Crippen LogP contribution is 2.24. The van der Waals surface area contributed by atoms with Crippen molar-refractivity contribution in [3.8, 4) is 11.5 Å². The Hall–Kier alpha value is -3.21. The average molecular weight is 448 g/mol. The van der Waals surface area contributed by atoms with Gasteiger partial charge in [0.25, 0.3) is 5.56 Å². The first-order chi connectivity index (χ1) is 14.8. The third-order valence-corrected chi connectivity index (χ3v) is 5.98. The SMILES string of the molecule is COc1ccc(OC)c(CNC(=O)CCSc2nc3c(=O)n(C)c(=O)n(C)c3n2C)c1. The summed E-state index contributed by atoms with van der Waals surface area (Å²) in [4.78, 5) is 41.2. The average Bonchev–Trinajstić information content (AvgIpc) is 3.10. The fourth-order valence-corrected chi connectivity index (χ4v) is 4.13. The number of hydrogen-bond acceptors (Lipinski definition) is 7. The number of aryl methyl sites for hydroxylation is 2. The van der Waals surface area contributed by atoms with Crippen molar-refractivity contribution < 1.29 is 14.3 Å². The van der Waals surface area contributed by atoms with Crippen LogP contribution in [0.2, 0.25) is 0 Å². The highest BCUT2D eigenvalue weighted by Gasteiger charge is 2.17. The number of nitrogens with zero attached hydrogens (tertiary/aromatic N) is 4. The zero-order chi connectivity index (χ0) is 22.7. The Morgan fingerprint density at radius 3 is 2.52 bits per heavy atom. The van der Waals surface area contributed by atoms with E-state index in [1.54, 1.807) is 45.0 Å². The number of rotatable bonds is 8. The summed E-state index contributed by atoms with van der Waals surface area (Å²) in [6, 6.07) is 5.40. The first-order valence-corrected chi connectivity index (χ1v) is 10.5. The number of methoxy groups -OCH3 is 2. The van der Waals surface area contributed by atoms with Crippen molar-refractivity contribution in [3.63, 3.8) is 0 Å². The smallest absolute Gasteiger partial charge is 0.332 e. The number of imidazole rings is 1. The molecule has 0 aliphatic heterocycles. The molecule has 0 atom stereocenters. The van der Waals surface area contributed by atoms with Gasteiger partial charge in [0.1, 0.15) is 11.5 Å². The van der Waals surface area contributed by atoms with Crippen molar-refractivity contribution in [2.24, 2.45) is 21.1 Å². The minimum absolute atomic E-state index is 0.126. The molecule has 0 radical (unpaired) electrons. The maximum atomic E-state index is 12.3. The molecule has 0 bridgehead atoms. The Kier molecular flexibility index (Phi) is 6.74. The molecule has 3 aromatic rings. The van der Waals surface area contributed by atoms with Gasteiger partial charge in [0.15, 0.2) is 16.3 Å². The second-order valence-corrected chi connectivity index (χ2v) is 7.95. The number of thioether (sulfide) groups is 1. The van der Waals surface area contributed by atoms with Gasteiger partial charge in [-0.1, -0.05) is 11.8 Å². The summed E-state index contributed by atoms with van der Waals surface area (Å²) >= 11 is 1.35. The predicted octanol–water partition coefficient (Wildman–Crippen LogP) is 0.786. The molecule has 10 nitrogen and oxygen atoms in total. The molecular formula is C20H25N5O5S. The molecule has 1 amide bonds. The molecule has 0 unspecified atom stereocenters. The van der Waals surface area contributed by atoms with Gasteiger partial charge < -0.3 is 19.4 Å². The summed E-state index contributed by atoms with van der Waals surface area (Å²) in [6.45, 7) is 0.314. The molecule has 3 rings (SSSR count). The third-order valence-electron chi connectivity index (χ3n) is 4.95. The van der Waals surface area contributed by atoms with E-state index in [2.05, 4.69) is 10.3 Å². The van der Waals surface area contributed by atoms with Gasteiger partial charge in [-0.05, 0) is 18.2 Å². The van der Waals surface area contributed by atoms with Crippen LogP contribution in [0.3, 0.4) is 0 Å². The van der Waals surface area contributed by atoms with Crippen LogP contribution in [-0.2, 0) is 32.5 Å². The largest absolute Gasteiger partial charge is 0.497 e. The number of amides is 1. The van der Waals surface area contributed by atoms with Crippen molar-refractivity contribution in [3.05, 3.63) is 44.6 Å². The third kappa shape index (κ3) is 4.46. The van der Waals surface area contributed by atoms with E-state index >= 15 is 0 Å². The minimum atomic E-state index is -0.439. The van der Waals surface area contributed by atoms with Crippen molar-refractivity contribution in [2.45, 2.75) is 18.1 Å². The van der Waals surface area contributed by atoms with Gasteiger partial charge in [-0.3, -0.25) is 18.7 Å². The summed E-state index contributed by atoms with van der Waals surface area (Å²) in [5, 5.41) is 3.44. The molecule has 31 heavy (non-hydrogen) atoms. The summed E-state index contributed by atoms with van der Waals surface area (Å²) in [6.07, 6.45) is 0.261. The van der Waals surface area contributed by atoms with Crippen LogP contribution < -0.4 is 26.0 Å². The second kappa shape index (κ2) is 9.29. The molecular weight excluding hydrogens is 422 g/mol. The van der Waals surface area contributed by atoms with Crippen LogP contribution in [-0.4, -0.2) is 44.6 Å². The lowest BCUT2D eigenvalue weighted by Crippen LogP contribution is -2.37. The number of benzene rings is 1. The number of aromatic nitrogens is 4. The molecule has 0 spiro atoms. The quantitative estimate of drug-likeness (QED) is 0.509. The Bertz CT molecular complexity index is 1240. The maximum absolute atomic E-state index is 12.3. The number of ether oxygens (including phenoxy) is 2.